The molecule has 1 atom stereocenters. The summed E-state index contributed by atoms with van der Waals surface area (Å²) < 4.78 is 20.1. The summed E-state index contributed by atoms with van der Waals surface area (Å²) in [4.78, 5) is 0. The normalized spacial score (nSPS) is 12.3. The lowest BCUT2D eigenvalue weighted by molar-refractivity contribution is 0.403. The van der Waals surface area contributed by atoms with Crippen LogP contribution in [-0.2, 0) is 0 Å². The highest BCUT2D eigenvalue weighted by atomic mass is 79.9. The molecule has 0 spiro atoms. The van der Waals surface area contributed by atoms with Crippen LogP contribution in [0.5, 0.6) is 5.75 Å². The Morgan fingerprint density at radius 3 is 2.57 bits per heavy atom. The van der Waals surface area contributed by atoms with Crippen LogP contribution < -0.4 is 16.0 Å². The Bertz CT molecular complexity index is 670. The van der Waals surface area contributed by atoms with Gasteiger partial charge in [-0.05, 0) is 40.2 Å². The van der Waals surface area contributed by atoms with Gasteiger partial charge in [0.1, 0.15) is 11.6 Å². The van der Waals surface area contributed by atoms with Gasteiger partial charge < -0.3 is 4.74 Å². The summed E-state index contributed by atoms with van der Waals surface area (Å²) in [6.45, 7) is 0. The summed E-state index contributed by atoms with van der Waals surface area (Å²) in [5, 5.41) is 0.489. The third-order valence-corrected chi connectivity index (χ3v) is 4.54. The minimum atomic E-state index is -0.649. The Hall–Kier alpha value is -0.850. The number of ether oxygens (including phenoxy) is 1. The summed E-state index contributed by atoms with van der Waals surface area (Å²) in [7, 11) is 1.52. The largest absolute Gasteiger partial charge is 0.496 e. The van der Waals surface area contributed by atoms with Gasteiger partial charge in [0.2, 0.25) is 0 Å². The molecule has 0 heterocycles. The second-order valence-electron chi connectivity index (χ2n) is 4.25. The van der Waals surface area contributed by atoms with Crippen LogP contribution in [0.1, 0.15) is 17.2 Å². The Labute approximate surface area is 140 Å². The molecule has 0 saturated carbocycles. The van der Waals surface area contributed by atoms with Gasteiger partial charge in [0.25, 0.3) is 0 Å². The minimum Gasteiger partial charge on any atom is -0.496 e. The molecule has 112 valence electrons. The molecule has 2 rings (SSSR count). The Balaban J connectivity index is 2.60. The summed E-state index contributed by atoms with van der Waals surface area (Å²) >= 11 is 15.1. The van der Waals surface area contributed by atoms with E-state index in [1.165, 1.54) is 7.11 Å². The number of hydrogen-bond donors (Lipinski definition) is 2. The molecule has 0 aliphatic carbocycles. The predicted molar refractivity (Wildman–Crippen MR) is 86.3 cm³/mol. The molecule has 0 fully saturated rings. The van der Waals surface area contributed by atoms with Crippen LogP contribution >= 0.6 is 39.1 Å². The van der Waals surface area contributed by atoms with Crippen molar-refractivity contribution in [2.75, 3.05) is 7.11 Å². The van der Waals surface area contributed by atoms with Gasteiger partial charge in [0, 0.05) is 20.6 Å². The standard InChI is InChI=1S/C14H12BrCl2FN2O/c1-21-11-5-2-7(16)6-9(11)14(20-19)8-3-4-10(15)12(17)13(8)18/h2-6,14,20H,19H2,1H3. The molecule has 0 radical (unpaired) electrons. The number of nitrogens with one attached hydrogen (secondary N) is 1. The molecule has 0 amide bonds. The van der Waals surface area contributed by atoms with Crippen LogP contribution in [0.4, 0.5) is 4.39 Å². The number of methoxy groups -OCH3 is 1. The highest BCUT2D eigenvalue weighted by Gasteiger charge is 2.23. The first kappa shape index (κ1) is 16.5. The fraction of sp³-hybridized carbons (Fsp3) is 0.143. The van der Waals surface area contributed by atoms with E-state index in [4.69, 9.17) is 33.8 Å². The van der Waals surface area contributed by atoms with Crippen molar-refractivity contribution < 1.29 is 9.13 Å². The number of hydrazine groups is 1. The van der Waals surface area contributed by atoms with E-state index in [0.29, 0.717) is 26.4 Å². The van der Waals surface area contributed by atoms with Crippen molar-refractivity contribution in [3.8, 4) is 5.75 Å². The Kier molecular flexibility index (Phi) is 5.46. The van der Waals surface area contributed by atoms with Gasteiger partial charge in [-0.1, -0.05) is 29.3 Å². The molecule has 0 aromatic heterocycles. The van der Waals surface area contributed by atoms with Crippen molar-refractivity contribution in [2.24, 2.45) is 5.84 Å². The number of rotatable bonds is 4. The highest BCUT2D eigenvalue weighted by molar-refractivity contribution is 9.10. The van der Waals surface area contributed by atoms with Gasteiger partial charge in [-0.2, -0.15) is 0 Å². The van der Waals surface area contributed by atoms with Crippen molar-refractivity contribution in [1.82, 2.24) is 5.43 Å². The number of nitrogens with two attached hydrogens (primary N) is 1. The molecule has 2 aromatic carbocycles. The average molecular weight is 394 g/mol. The van der Waals surface area contributed by atoms with Crippen LogP contribution in [-0.4, -0.2) is 7.11 Å². The molecule has 21 heavy (non-hydrogen) atoms. The Morgan fingerprint density at radius 2 is 1.95 bits per heavy atom. The zero-order valence-corrected chi connectivity index (χ0v) is 14.1. The average Bonchev–Trinajstić information content (AvgIpc) is 2.48. The monoisotopic (exact) mass is 392 g/mol. The van der Waals surface area contributed by atoms with Gasteiger partial charge in [-0.25, -0.2) is 9.82 Å². The fourth-order valence-corrected chi connectivity index (χ4v) is 2.70. The van der Waals surface area contributed by atoms with Gasteiger partial charge in [0.05, 0.1) is 18.2 Å². The number of hydrogen-bond acceptors (Lipinski definition) is 3. The van der Waals surface area contributed by atoms with Gasteiger partial charge in [-0.3, -0.25) is 5.84 Å². The number of halogens is 4. The molecule has 0 aliphatic rings. The van der Waals surface area contributed by atoms with Crippen LogP contribution in [0, 0.1) is 5.82 Å². The zero-order chi connectivity index (χ0) is 15.6. The maximum Gasteiger partial charge on any atom is 0.148 e. The summed E-state index contributed by atoms with van der Waals surface area (Å²) in [6, 6.07) is 7.64. The van der Waals surface area contributed by atoms with Gasteiger partial charge in [0.15, 0.2) is 0 Å². The van der Waals surface area contributed by atoms with E-state index in [2.05, 4.69) is 21.4 Å². The summed E-state index contributed by atoms with van der Waals surface area (Å²) in [5.41, 5.74) is 3.48. The maximum atomic E-state index is 14.4. The fourth-order valence-electron chi connectivity index (χ4n) is 2.04. The summed E-state index contributed by atoms with van der Waals surface area (Å²) in [5.74, 6) is 5.58. The van der Waals surface area contributed by atoms with E-state index in [0.717, 1.165) is 0 Å². The first-order valence-corrected chi connectivity index (χ1v) is 7.47. The Morgan fingerprint density at radius 1 is 1.24 bits per heavy atom. The topological polar surface area (TPSA) is 47.3 Å². The SMILES string of the molecule is COc1ccc(Cl)cc1C(NN)c1ccc(Br)c(Cl)c1F. The molecular weight excluding hydrogens is 382 g/mol. The van der Waals surface area contributed by atoms with E-state index in [1.54, 1.807) is 30.3 Å². The first-order valence-electron chi connectivity index (χ1n) is 5.92. The summed E-state index contributed by atoms with van der Waals surface area (Å²) in [6.07, 6.45) is 0. The maximum absolute atomic E-state index is 14.4. The third-order valence-electron chi connectivity index (χ3n) is 3.05. The van der Waals surface area contributed by atoms with Crippen LogP contribution in [0.3, 0.4) is 0 Å². The number of benzene rings is 2. The lowest BCUT2D eigenvalue weighted by Gasteiger charge is -2.21. The molecule has 0 aliphatic heterocycles. The van der Waals surface area contributed by atoms with E-state index < -0.39 is 11.9 Å². The first-order chi connectivity index (χ1) is 9.99. The molecule has 3 N–H and O–H groups in total. The van der Waals surface area contributed by atoms with Crippen LogP contribution in [0.15, 0.2) is 34.8 Å². The quantitative estimate of drug-likeness (QED) is 0.458. The van der Waals surface area contributed by atoms with Crippen molar-refractivity contribution >= 4 is 39.1 Å². The van der Waals surface area contributed by atoms with E-state index in [-0.39, 0.29) is 5.02 Å². The van der Waals surface area contributed by atoms with Gasteiger partial charge in [-0.15, -0.1) is 0 Å². The zero-order valence-electron chi connectivity index (χ0n) is 11.0. The van der Waals surface area contributed by atoms with Crippen LogP contribution in [0.2, 0.25) is 10.0 Å². The lowest BCUT2D eigenvalue weighted by atomic mass is 9.98. The van der Waals surface area contributed by atoms with E-state index in [1.807, 2.05) is 0 Å². The molecule has 0 bridgehead atoms. The highest BCUT2D eigenvalue weighted by Crippen LogP contribution is 2.36. The van der Waals surface area contributed by atoms with Crippen LogP contribution in [0.25, 0.3) is 0 Å². The van der Waals surface area contributed by atoms with Crippen molar-refractivity contribution in [2.45, 2.75) is 6.04 Å². The second-order valence-corrected chi connectivity index (χ2v) is 5.92. The van der Waals surface area contributed by atoms with Crippen molar-refractivity contribution in [1.29, 1.82) is 0 Å². The molecule has 1 unspecified atom stereocenters. The van der Waals surface area contributed by atoms with Gasteiger partial charge >= 0.3 is 0 Å². The lowest BCUT2D eigenvalue weighted by Crippen LogP contribution is -2.30. The minimum absolute atomic E-state index is 0.00579. The molecule has 2 aromatic rings. The third kappa shape index (κ3) is 3.33. The van der Waals surface area contributed by atoms with Crippen molar-refractivity contribution in [3.05, 3.63) is 61.8 Å². The molecule has 7 heteroatoms. The predicted octanol–water partition coefficient (Wildman–Crippen LogP) is 4.46. The second kappa shape index (κ2) is 6.94. The smallest absolute Gasteiger partial charge is 0.148 e. The van der Waals surface area contributed by atoms with E-state index in [9.17, 15) is 4.39 Å². The molecule has 3 nitrogen and oxygen atoms in total. The van der Waals surface area contributed by atoms with E-state index >= 15 is 0 Å². The molecule has 0 saturated heterocycles. The molecular formula is C14H12BrCl2FN2O. The van der Waals surface area contributed by atoms with Crippen molar-refractivity contribution in [3.63, 3.8) is 0 Å².